The summed E-state index contributed by atoms with van der Waals surface area (Å²) in [6, 6.07) is 15.2. The number of H-pyrrole nitrogens is 1. The number of hydrogen-bond donors (Lipinski definition) is 3. The van der Waals surface area contributed by atoms with Crippen molar-refractivity contribution in [2.45, 2.75) is 57.3 Å². The van der Waals surface area contributed by atoms with E-state index in [4.69, 9.17) is 13.9 Å². The number of nitrogens with one attached hydrogen (secondary N) is 2. The van der Waals surface area contributed by atoms with Crippen LogP contribution in [0.15, 0.2) is 77.3 Å². The standard InChI is InChI=1S/C38H38F3N5O7/c1-37(2,3)43-33(49)32-26-10-5-6-11-29(26)52-20-23(17-30(47)48)31(35-45-44-34(53-35)21-8-7-9-24(16-21)38(39,40)41)36(50)46(32)15-14-22-19-42-28-13-12-25(51-4)18-27(22)28/h5-13,16,18-19,23,31-32,42H,14-15,17,20H2,1-4H3,(H,43,49)(H,47,48)/t23-,31+,32-/m1/s1. The average Bonchev–Trinajstić information content (AvgIpc) is 3.75. The molecule has 5 aromatic rings. The van der Waals surface area contributed by atoms with Crippen molar-refractivity contribution in [3.8, 4) is 23.0 Å². The molecule has 1 aliphatic rings. The number of hydrogen-bond acceptors (Lipinski definition) is 8. The number of aromatic nitrogens is 3. The van der Waals surface area contributed by atoms with E-state index >= 15 is 4.79 Å². The molecule has 0 unspecified atom stereocenters. The maximum atomic E-state index is 15.2. The molecule has 6 rings (SSSR count). The van der Waals surface area contributed by atoms with E-state index in [1.807, 2.05) is 18.2 Å². The van der Waals surface area contributed by atoms with Crippen LogP contribution in [0.1, 0.15) is 61.7 Å². The number of amides is 2. The molecule has 0 bridgehead atoms. The minimum atomic E-state index is -4.65. The lowest BCUT2D eigenvalue weighted by Gasteiger charge is -2.35. The summed E-state index contributed by atoms with van der Waals surface area (Å²) in [4.78, 5) is 46.4. The molecule has 278 valence electrons. The number of benzene rings is 3. The first kappa shape index (κ1) is 36.9. The first-order chi connectivity index (χ1) is 25.1. The number of alkyl halides is 3. The Kier molecular flexibility index (Phi) is 10.2. The Morgan fingerprint density at radius 3 is 2.55 bits per heavy atom. The molecule has 0 spiro atoms. The number of methoxy groups -OCH3 is 1. The van der Waals surface area contributed by atoms with Gasteiger partial charge in [-0.1, -0.05) is 24.3 Å². The third-order valence-corrected chi connectivity index (χ3v) is 8.92. The van der Waals surface area contributed by atoms with E-state index in [1.54, 1.807) is 58.3 Å². The molecule has 2 aromatic heterocycles. The van der Waals surface area contributed by atoms with Gasteiger partial charge in [-0.25, -0.2) is 0 Å². The van der Waals surface area contributed by atoms with Gasteiger partial charge in [0.05, 0.1) is 25.7 Å². The number of carbonyl (C=O) groups excluding carboxylic acids is 2. The van der Waals surface area contributed by atoms with Gasteiger partial charge in [0.25, 0.3) is 0 Å². The number of carboxylic acids is 1. The van der Waals surface area contributed by atoms with Crippen LogP contribution in [-0.4, -0.2) is 68.8 Å². The minimum absolute atomic E-state index is 0.0372. The second-order valence-corrected chi connectivity index (χ2v) is 13.9. The van der Waals surface area contributed by atoms with Crippen molar-refractivity contribution in [3.63, 3.8) is 0 Å². The number of carboxylic acid groups (broad SMARTS) is 1. The zero-order valence-electron chi connectivity index (χ0n) is 29.4. The fourth-order valence-corrected chi connectivity index (χ4v) is 6.51. The highest BCUT2D eigenvalue weighted by Gasteiger charge is 2.45. The van der Waals surface area contributed by atoms with Crippen LogP contribution in [0.3, 0.4) is 0 Å². The van der Waals surface area contributed by atoms with E-state index in [-0.39, 0.29) is 42.7 Å². The summed E-state index contributed by atoms with van der Waals surface area (Å²) in [6.07, 6.45) is -3.17. The molecule has 0 aliphatic carbocycles. The van der Waals surface area contributed by atoms with Gasteiger partial charge in [-0.15, -0.1) is 10.2 Å². The van der Waals surface area contributed by atoms with Gasteiger partial charge in [-0.2, -0.15) is 13.2 Å². The summed E-state index contributed by atoms with van der Waals surface area (Å²) in [5.41, 5.74) is 0.288. The van der Waals surface area contributed by atoms with Gasteiger partial charge < -0.3 is 34.2 Å². The quantitative estimate of drug-likeness (QED) is 0.153. The maximum Gasteiger partial charge on any atom is 0.416 e. The highest BCUT2D eigenvalue weighted by atomic mass is 19.4. The Hall–Kier alpha value is -5.86. The number of aliphatic carboxylic acids is 1. The van der Waals surface area contributed by atoms with E-state index in [2.05, 4.69) is 20.5 Å². The fraction of sp³-hybridized carbons (Fsp3) is 0.342. The lowest BCUT2D eigenvalue weighted by molar-refractivity contribution is -0.145. The van der Waals surface area contributed by atoms with Crippen LogP contribution in [0, 0.1) is 5.92 Å². The SMILES string of the molecule is COc1ccc2[nH]cc(CCN3C(=O)[C@H](c4nnc(-c5cccc(C(F)(F)F)c5)o4)[C@H](CC(=O)O)COc4ccccc4[C@@H]3C(=O)NC(C)(C)C)c2c1. The molecule has 3 atom stereocenters. The highest BCUT2D eigenvalue weighted by Crippen LogP contribution is 2.40. The summed E-state index contributed by atoms with van der Waals surface area (Å²) in [5, 5.41) is 21.9. The van der Waals surface area contributed by atoms with Crippen molar-refractivity contribution in [1.29, 1.82) is 0 Å². The third-order valence-electron chi connectivity index (χ3n) is 8.92. The van der Waals surface area contributed by atoms with E-state index in [0.717, 1.165) is 28.6 Å². The molecule has 0 saturated heterocycles. The molecule has 15 heteroatoms. The first-order valence-corrected chi connectivity index (χ1v) is 16.8. The molecule has 3 heterocycles. The molecular weight excluding hydrogens is 695 g/mol. The smallest absolute Gasteiger partial charge is 0.416 e. The Bertz CT molecular complexity index is 2140. The number of fused-ring (bicyclic) bond motifs is 2. The van der Waals surface area contributed by atoms with E-state index in [0.29, 0.717) is 11.3 Å². The predicted molar refractivity (Wildman–Crippen MR) is 186 cm³/mol. The average molecular weight is 734 g/mol. The monoisotopic (exact) mass is 733 g/mol. The minimum Gasteiger partial charge on any atom is -0.497 e. The van der Waals surface area contributed by atoms with Crippen molar-refractivity contribution >= 4 is 28.7 Å². The molecule has 0 fully saturated rings. The summed E-state index contributed by atoms with van der Waals surface area (Å²) in [7, 11) is 1.55. The Balaban J connectivity index is 1.49. The number of aromatic amines is 1. The van der Waals surface area contributed by atoms with Crippen molar-refractivity contribution in [2.24, 2.45) is 5.92 Å². The molecule has 0 saturated carbocycles. The van der Waals surface area contributed by atoms with E-state index < -0.39 is 59.4 Å². The number of carbonyl (C=O) groups is 3. The van der Waals surface area contributed by atoms with Crippen LogP contribution in [0.5, 0.6) is 11.5 Å². The van der Waals surface area contributed by atoms with Crippen molar-refractivity contribution in [2.75, 3.05) is 20.3 Å². The fourth-order valence-electron chi connectivity index (χ4n) is 6.51. The Labute approximate surface area is 302 Å². The van der Waals surface area contributed by atoms with Crippen LogP contribution >= 0.6 is 0 Å². The number of rotatable bonds is 9. The lowest BCUT2D eigenvalue weighted by atomic mass is 9.87. The zero-order chi connectivity index (χ0) is 38.1. The zero-order valence-corrected chi connectivity index (χ0v) is 29.4. The van der Waals surface area contributed by atoms with Crippen LogP contribution < -0.4 is 14.8 Å². The third kappa shape index (κ3) is 8.13. The summed E-state index contributed by atoms with van der Waals surface area (Å²) in [5.74, 6) is -4.80. The summed E-state index contributed by atoms with van der Waals surface area (Å²) >= 11 is 0. The van der Waals surface area contributed by atoms with Gasteiger partial charge in [0.1, 0.15) is 23.5 Å². The summed E-state index contributed by atoms with van der Waals surface area (Å²) < 4.78 is 58.2. The van der Waals surface area contributed by atoms with E-state index in [1.165, 1.54) is 17.0 Å². The molecule has 3 N–H and O–H groups in total. The topological polar surface area (TPSA) is 160 Å². The Morgan fingerprint density at radius 2 is 1.83 bits per heavy atom. The molecule has 1 aliphatic heterocycles. The van der Waals surface area contributed by atoms with Crippen molar-refractivity contribution < 1.29 is 46.6 Å². The predicted octanol–water partition coefficient (Wildman–Crippen LogP) is 6.54. The molecule has 2 amide bonds. The van der Waals surface area contributed by atoms with Gasteiger partial charge in [-0.05, 0) is 75.2 Å². The number of ether oxygens (including phenoxy) is 2. The van der Waals surface area contributed by atoms with Gasteiger partial charge in [0.15, 0.2) is 0 Å². The summed E-state index contributed by atoms with van der Waals surface area (Å²) in [6.45, 7) is 5.06. The largest absolute Gasteiger partial charge is 0.497 e. The second-order valence-electron chi connectivity index (χ2n) is 13.9. The molecule has 53 heavy (non-hydrogen) atoms. The van der Waals surface area contributed by atoms with Crippen molar-refractivity contribution in [1.82, 2.24) is 25.4 Å². The van der Waals surface area contributed by atoms with E-state index in [9.17, 15) is 27.9 Å². The second kappa shape index (κ2) is 14.6. The normalized spacial score (nSPS) is 18.1. The van der Waals surface area contributed by atoms with Gasteiger partial charge in [0.2, 0.25) is 23.6 Å². The van der Waals surface area contributed by atoms with Gasteiger partial charge >= 0.3 is 12.1 Å². The van der Waals surface area contributed by atoms with Crippen LogP contribution in [-0.2, 0) is 27.0 Å². The molecule has 3 aromatic carbocycles. The molecule has 12 nitrogen and oxygen atoms in total. The Morgan fingerprint density at radius 1 is 1.06 bits per heavy atom. The van der Waals surface area contributed by atoms with Crippen LogP contribution in [0.2, 0.25) is 0 Å². The van der Waals surface area contributed by atoms with Gasteiger partial charge in [-0.3, -0.25) is 14.4 Å². The first-order valence-electron chi connectivity index (χ1n) is 16.8. The molecular formula is C38H38F3N5O7. The maximum absolute atomic E-state index is 15.2. The van der Waals surface area contributed by atoms with Crippen molar-refractivity contribution in [3.05, 3.63) is 95.5 Å². The number of nitrogens with zero attached hydrogens (tertiary/aromatic N) is 3. The number of halogens is 3. The highest BCUT2D eigenvalue weighted by molar-refractivity contribution is 5.92. The lowest BCUT2D eigenvalue weighted by Crippen LogP contribution is -2.51. The molecule has 0 radical (unpaired) electrons. The van der Waals surface area contributed by atoms with Crippen LogP contribution in [0.4, 0.5) is 13.2 Å². The van der Waals surface area contributed by atoms with Crippen LogP contribution in [0.25, 0.3) is 22.4 Å². The van der Waals surface area contributed by atoms with Gasteiger partial charge in [0, 0.05) is 46.2 Å². The number of para-hydroxylation sites is 1.